The summed E-state index contributed by atoms with van der Waals surface area (Å²) < 4.78 is 10.9. The van der Waals surface area contributed by atoms with Crippen LogP contribution in [0.2, 0.25) is 0 Å². The van der Waals surface area contributed by atoms with E-state index in [1.807, 2.05) is 33.8 Å². The Morgan fingerprint density at radius 3 is 2.43 bits per heavy atom. The van der Waals surface area contributed by atoms with E-state index >= 15 is 0 Å². The topological polar surface area (TPSA) is 59.0 Å². The van der Waals surface area contributed by atoms with Crippen LogP contribution in [0.3, 0.4) is 0 Å². The molecular weight excluding hydrogens is 269 g/mol. The standard InChI is InChI=1S/C15H28BNO4/c1-11(2)15(5,6)21-16(19)13-7-9-17(10-8-13)14(18)20-12(3)4/h7,11-12,19H,8-10H2,1-6H3. The normalized spacial score (nSPS) is 16.2. The summed E-state index contributed by atoms with van der Waals surface area (Å²) in [6.45, 7) is 12.7. The molecule has 0 aromatic heterocycles. The molecule has 21 heavy (non-hydrogen) atoms. The zero-order chi connectivity index (χ0) is 16.2. The van der Waals surface area contributed by atoms with E-state index in [1.54, 1.807) is 4.90 Å². The van der Waals surface area contributed by atoms with E-state index in [9.17, 15) is 9.82 Å². The summed E-state index contributed by atoms with van der Waals surface area (Å²) in [5, 5.41) is 10.2. The lowest BCUT2D eigenvalue weighted by Gasteiger charge is -2.33. The van der Waals surface area contributed by atoms with Gasteiger partial charge < -0.3 is 19.3 Å². The van der Waals surface area contributed by atoms with Crippen LogP contribution in [0.15, 0.2) is 11.5 Å². The van der Waals surface area contributed by atoms with Crippen LogP contribution in [0, 0.1) is 5.92 Å². The minimum atomic E-state index is -0.911. The summed E-state index contributed by atoms with van der Waals surface area (Å²) >= 11 is 0. The lowest BCUT2D eigenvalue weighted by Crippen LogP contribution is -2.42. The maximum Gasteiger partial charge on any atom is 0.487 e. The van der Waals surface area contributed by atoms with Gasteiger partial charge in [0.1, 0.15) is 0 Å². The van der Waals surface area contributed by atoms with Gasteiger partial charge in [-0.3, -0.25) is 0 Å². The molecule has 0 radical (unpaired) electrons. The van der Waals surface area contributed by atoms with Crippen LogP contribution in [0.1, 0.15) is 48.0 Å². The molecule has 6 heteroatoms. The first kappa shape index (κ1) is 18.0. The lowest BCUT2D eigenvalue weighted by molar-refractivity contribution is 0.0397. The monoisotopic (exact) mass is 297 g/mol. The summed E-state index contributed by atoms with van der Waals surface area (Å²) in [5.74, 6) is 0.300. The SMILES string of the molecule is CC(C)OC(=O)N1CC=C(B(O)OC(C)(C)C(C)C)CC1. The van der Waals surface area contributed by atoms with Crippen molar-refractivity contribution in [1.29, 1.82) is 0 Å². The number of ether oxygens (including phenoxy) is 1. The lowest BCUT2D eigenvalue weighted by atomic mass is 9.73. The fraction of sp³-hybridized carbons (Fsp3) is 0.800. The number of carbonyl (C=O) groups excluding carboxylic acids is 1. The molecule has 5 nitrogen and oxygen atoms in total. The summed E-state index contributed by atoms with van der Waals surface area (Å²) in [6.07, 6.45) is 2.02. The molecule has 0 saturated heterocycles. The predicted molar refractivity (Wildman–Crippen MR) is 83.9 cm³/mol. The van der Waals surface area contributed by atoms with Crippen LogP contribution >= 0.6 is 0 Å². The minimum Gasteiger partial charge on any atom is -0.447 e. The molecule has 1 aliphatic rings. The van der Waals surface area contributed by atoms with Crippen molar-refractivity contribution in [2.75, 3.05) is 13.1 Å². The number of hydrogen-bond donors (Lipinski definition) is 1. The molecule has 1 rings (SSSR count). The van der Waals surface area contributed by atoms with Crippen molar-refractivity contribution in [2.45, 2.75) is 59.7 Å². The van der Waals surface area contributed by atoms with Crippen molar-refractivity contribution in [1.82, 2.24) is 4.90 Å². The Bertz CT molecular complexity index is 393. The average molecular weight is 297 g/mol. The molecule has 0 aliphatic carbocycles. The molecule has 120 valence electrons. The molecule has 1 heterocycles. The number of carbonyl (C=O) groups is 1. The fourth-order valence-electron chi connectivity index (χ4n) is 1.85. The summed E-state index contributed by atoms with van der Waals surface area (Å²) in [6, 6.07) is 0. The van der Waals surface area contributed by atoms with Gasteiger partial charge in [0.05, 0.1) is 11.7 Å². The summed E-state index contributed by atoms with van der Waals surface area (Å²) in [4.78, 5) is 13.4. The Morgan fingerprint density at radius 2 is 2.00 bits per heavy atom. The number of amides is 1. The molecule has 1 N–H and O–H groups in total. The Morgan fingerprint density at radius 1 is 1.38 bits per heavy atom. The van der Waals surface area contributed by atoms with Crippen LogP contribution in [-0.4, -0.2) is 47.9 Å². The van der Waals surface area contributed by atoms with Gasteiger partial charge >= 0.3 is 13.2 Å². The van der Waals surface area contributed by atoms with E-state index < -0.39 is 12.7 Å². The molecular formula is C15H28BNO4. The fourth-order valence-corrected chi connectivity index (χ4v) is 1.85. The van der Waals surface area contributed by atoms with Crippen molar-refractivity contribution in [2.24, 2.45) is 5.92 Å². The molecule has 1 aliphatic heterocycles. The van der Waals surface area contributed by atoms with Crippen molar-refractivity contribution in [3.8, 4) is 0 Å². The molecule has 0 aromatic carbocycles. The van der Waals surface area contributed by atoms with Crippen LogP contribution < -0.4 is 0 Å². The van der Waals surface area contributed by atoms with Crippen molar-refractivity contribution in [3.05, 3.63) is 11.5 Å². The largest absolute Gasteiger partial charge is 0.487 e. The molecule has 1 amide bonds. The number of rotatable bonds is 5. The first-order valence-electron chi connectivity index (χ1n) is 7.64. The molecule has 0 bridgehead atoms. The molecule has 0 saturated carbocycles. The third kappa shape index (κ3) is 5.36. The van der Waals surface area contributed by atoms with Gasteiger partial charge in [0, 0.05) is 13.1 Å². The molecule has 0 spiro atoms. The van der Waals surface area contributed by atoms with Gasteiger partial charge in [0.25, 0.3) is 0 Å². The van der Waals surface area contributed by atoms with E-state index in [1.165, 1.54) is 0 Å². The molecule has 0 fully saturated rings. The van der Waals surface area contributed by atoms with Crippen LogP contribution in [0.5, 0.6) is 0 Å². The maximum absolute atomic E-state index is 11.8. The second-order valence-corrected chi connectivity index (χ2v) is 6.64. The summed E-state index contributed by atoms with van der Waals surface area (Å²) in [5.41, 5.74) is 0.436. The van der Waals surface area contributed by atoms with Crippen LogP contribution in [0.4, 0.5) is 4.79 Å². The highest BCUT2D eigenvalue weighted by Crippen LogP contribution is 2.24. The van der Waals surface area contributed by atoms with Crippen molar-refractivity contribution in [3.63, 3.8) is 0 Å². The van der Waals surface area contributed by atoms with Crippen LogP contribution in [-0.2, 0) is 9.39 Å². The quantitative estimate of drug-likeness (QED) is 0.793. The molecule has 0 aromatic rings. The van der Waals surface area contributed by atoms with Crippen molar-refractivity contribution >= 4 is 13.2 Å². The Balaban J connectivity index is 2.56. The van der Waals surface area contributed by atoms with E-state index in [0.29, 0.717) is 25.4 Å². The van der Waals surface area contributed by atoms with Gasteiger partial charge in [0.15, 0.2) is 0 Å². The highest BCUT2D eigenvalue weighted by molar-refractivity contribution is 6.52. The second kappa shape index (κ2) is 7.32. The third-order valence-electron chi connectivity index (χ3n) is 3.96. The van der Waals surface area contributed by atoms with E-state index in [2.05, 4.69) is 13.8 Å². The van der Waals surface area contributed by atoms with Gasteiger partial charge in [-0.2, -0.15) is 0 Å². The molecule has 0 unspecified atom stereocenters. The van der Waals surface area contributed by atoms with Gasteiger partial charge in [0.2, 0.25) is 0 Å². The Hall–Kier alpha value is -1.01. The smallest absolute Gasteiger partial charge is 0.447 e. The minimum absolute atomic E-state index is 0.122. The van der Waals surface area contributed by atoms with Gasteiger partial charge in [-0.1, -0.05) is 19.9 Å². The third-order valence-corrected chi connectivity index (χ3v) is 3.96. The van der Waals surface area contributed by atoms with E-state index in [4.69, 9.17) is 9.39 Å². The van der Waals surface area contributed by atoms with E-state index in [0.717, 1.165) is 5.47 Å². The van der Waals surface area contributed by atoms with Gasteiger partial charge in [-0.15, -0.1) is 0 Å². The number of nitrogens with zero attached hydrogens (tertiary/aromatic N) is 1. The van der Waals surface area contributed by atoms with E-state index in [-0.39, 0.29) is 12.2 Å². The van der Waals surface area contributed by atoms with Crippen molar-refractivity contribution < 1.29 is 19.2 Å². The first-order valence-corrected chi connectivity index (χ1v) is 7.64. The highest BCUT2D eigenvalue weighted by Gasteiger charge is 2.33. The second-order valence-electron chi connectivity index (χ2n) is 6.64. The predicted octanol–water partition coefficient (Wildman–Crippen LogP) is 2.63. The van der Waals surface area contributed by atoms with Gasteiger partial charge in [-0.05, 0) is 45.5 Å². The van der Waals surface area contributed by atoms with Gasteiger partial charge in [-0.25, -0.2) is 4.79 Å². The molecule has 0 atom stereocenters. The van der Waals surface area contributed by atoms with Crippen LogP contribution in [0.25, 0.3) is 0 Å². The maximum atomic E-state index is 11.8. The zero-order valence-corrected chi connectivity index (χ0v) is 14.0. The average Bonchev–Trinajstić information content (AvgIpc) is 2.37. The summed E-state index contributed by atoms with van der Waals surface area (Å²) in [7, 11) is -0.911. The Labute approximate surface area is 128 Å². The Kier molecular flexibility index (Phi) is 6.29. The number of hydrogen-bond acceptors (Lipinski definition) is 4. The first-order chi connectivity index (χ1) is 9.63. The highest BCUT2D eigenvalue weighted by atomic mass is 16.6. The zero-order valence-electron chi connectivity index (χ0n) is 14.0.